The molecule has 2 aliphatic rings. The number of nitrogens with two attached hydrogens (primary N) is 1. The van der Waals surface area contributed by atoms with Crippen LogP contribution in [0.3, 0.4) is 0 Å². The average molecular weight is 362 g/mol. The molecule has 0 bridgehead atoms. The lowest BCUT2D eigenvalue weighted by Crippen LogP contribution is -2.48. The predicted molar refractivity (Wildman–Crippen MR) is 89.6 cm³/mol. The maximum atomic E-state index is 13.5. The van der Waals surface area contributed by atoms with Crippen LogP contribution in [0.25, 0.3) is 0 Å². The highest BCUT2D eigenvalue weighted by atomic mass is 19.1. The van der Waals surface area contributed by atoms with Crippen molar-refractivity contribution in [1.82, 2.24) is 10.2 Å². The Bertz CT molecular complexity index is 789. The first-order chi connectivity index (χ1) is 12.3. The Morgan fingerprint density at radius 3 is 2.58 bits per heavy atom. The van der Waals surface area contributed by atoms with Gasteiger partial charge in [0, 0.05) is 5.69 Å². The van der Waals surface area contributed by atoms with Crippen LogP contribution in [0.4, 0.5) is 14.9 Å². The van der Waals surface area contributed by atoms with Gasteiger partial charge >= 0.3 is 6.03 Å². The van der Waals surface area contributed by atoms with Crippen LogP contribution in [-0.2, 0) is 9.59 Å². The number of hydrogen-bond donors (Lipinski definition) is 3. The summed E-state index contributed by atoms with van der Waals surface area (Å²) in [4.78, 5) is 49.0. The Balaban J connectivity index is 1.68. The number of primary amides is 1. The van der Waals surface area contributed by atoms with E-state index in [1.807, 2.05) is 0 Å². The Morgan fingerprint density at radius 1 is 1.23 bits per heavy atom. The number of benzene rings is 1. The maximum Gasteiger partial charge on any atom is 0.325 e. The minimum Gasteiger partial charge on any atom is -0.366 e. The summed E-state index contributed by atoms with van der Waals surface area (Å²) in [6.45, 7) is -0.463. The predicted octanol–water partition coefficient (Wildman–Crippen LogP) is 1.12. The van der Waals surface area contributed by atoms with Crippen molar-refractivity contribution in [3.8, 4) is 0 Å². The van der Waals surface area contributed by atoms with Gasteiger partial charge in [-0.3, -0.25) is 19.3 Å². The van der Waals surface area contributed by atoms with Crippen LogP contribution in [0, 0.1) is 5.82 Å². The summed E-state index contributed by atoms with van der Waals surface area (Å²) in [7, 11) is 0. The maximum absolute atomic E-state index is 13.5. The van der Waals surface area contributed by atoms with Gasteiger partial charge in [0.05, 0.1) is 5.56 Å². The molecule has 1 aromatic rings. The van der Waals surface area contributed by atoms with Gasteiger partial charge in [0.15, 0.2) is 0 Å². The van der Waals surface area contributed by atoms with Crippen LogP contribution in [-0.4, -0.2) is 40.7 Å². The van der Waals surface area contributed by atoms with E-state index in [0.717, 1.165) is 36.3 Å². The number of halogens is 1. The van der Waals surface area contributed by atoms with Crippen LogP contribution in [0.1, 0.15) is 42.5 Å². The molecule has 1 aliphatic carbocycles. The fraction of sp³-hybridized carbons (Fsp3) is 0.412. The van der Waals surface area contributed by atoms with Crippen LogP contribution < -0.4 is 16.4 Å². The average Bonchev–Trinajstić information content (AvgIpc) is 2.81. The molecule has 1 spiro atoms. The van der Waals surface area contributed by atoms with Gasteiger partial charge in [-0.15, -0.1) is 0 Å². The van der Waals surface area contributed by atoms with Gasteiger partial charge in [0.25, 0.3) is 11.8 Å². The standard InChI is InChI=1S/C17H19FN4O4/c18-12-5-4-10(8-11(12)14(19)24)20-13(23)9-22-15(25)17(21-16(22)26)6-2-1-3-7-17/h4-5,8H,1-3,6-7,9H2,(H2,19,24)(H,20,23)(H,21,26). The van der Waals surface area contributed by atoms with Crippen molar-refractivity contribution in [3.05, 3.63) is 29.6 Å². The third kappa shape index (κ3) is 3.24. The minimum absolute atomic E-state index is 0.143. The fourth-order valence-electron chi connectivity index (χ4n) is 3.45. The Kier molecular flexibility index (Phi) is 4.62. The number of carbonyl (C=O) groups excluding carboxylic acids is 4. The SMILES string of the molecule is NC(=O)c1cc(NC(=O)CN2C(=O)NC3(CCCCC3)C2=O)ccc1F. The monoisotopic (exact) mass is 362 g/mol. The molecule has 26 heavy (non-hydrogen) atoms. The summed E-state index contributed by atoms with van der Waals surface area (Å²) in [5.74, 6) is -2.80. The van der Waals surface area contributed by atoms with Gasteiger partial charge in [0.1, 0.15) is 17.9 Å². The largest absolute Gasteiger partial charge is 0.366 e. The molecule has 0 radical (unpaired) electrons. The molecule has 8 nitrogen and oxygen atoms in total. The highest BCUT2D eigenvalue weighted by Crippen LogP contribution is 2.33. The Morgan fingerprint density at radius 2 is 1.92 bits per heavy atom. The highest BCUT2D eigenvalue weighted by molar-refractivity contribution is 6.10. The van der Waals surface area contributed by atoms with Crippen LogP contribution in [0.2, 0.25) is 0 Å². The summed E-state index contributed by atoms with van der Waals surface area (Å²) in [6, 6.07) is 2.77. The number of hydrogen-bond acceptors (Lipinski definition) is 4. The van der Waals surface area contributed by atoms with Crippen molar-refractivity contribution in [2.24, 2.45) is 5.73 Å². The molecule has 0 atom stereocenters. The minimum atomic E-state index is -0.966. The van der Waals surface area contributed by atoms with Gasteiger partial charge < -0.3 is 16.4 Å². The number of imide groups is 1. The van der Waals surface area contributed by atoms with Gasteiger partial charge in [-0.1, -0.05) is 19.3 Å². The molecular formula is C17H19FN4O4. The molecule has 1 saturated carbocycles. The second kappa shape index (κ2) is 6.74. The normalized spacial score (nSPS) is 18.7. The first-order valence-corrected chi connectivity index (χ1v) is 8.36. The van der Waals surface area contributed by atoms with Crippen LogP contribution >= 0.6 is 0 Å². The van der Waals surface area contributed by atoms with Gasteiger partial charge in [-0.05, 0) is 31.0 Å². The molecule has 9 heteroatoms. The number of nitrogens with zero attached hydrogens (tertiary/aromatic N) is 1. The molecule has 5 amide bonds. The van der Waals surface area contributed by atoms with E-state index in [1.54, 1.807) is 0 Å². The van der Waals surface area contributed by atoms with E-state index in [2.05, 4.69) is 10.6 Å². The van der Waals surface area contributed by atoms with E-state index in [-0.39, 0.29) is 11.3 Å². The van der Waals surface area contributed by atoms with Gasteiger partial charge in [-0.2, -0.15) is 0 Å². The second-order valence-electron chi connectivity index (χ2n) is 6.57. The summed E-state index contributed by atoms with van der Waals surface area (Å²) >= 11 is 0. The topological polar surface area (TPSA) is 122 Å². The summed E-state index contributed by atoms with van der Waals surface area (Å²) in [5.41, 5.74) is 3.95. The number of carbonyl (C=O) groups is 4. The number of anilines is 1. The summed E-state index contributed by atoms with van der Waals surface area (Å²) in [5, 5.41) is 5.15. The number of nitrogens with one attached hydrogen (secondary N) is 2. The van der Waals surface area contributed by atoms with E-state index >= 15 is 0 Å². The Labute approximate surface area is 148 Å². The lowest BCUT2D eigenvalue weighted by atomic mass is 9.82. The smallest absolute Gasteiger partial charge is 0.325 e. The molecule has 1 heterocycles. The number of rotatable bonds is 4. The molecule has 1 saturated heterocycles. The van der Waals surface area contributed by atoms with Crippen molar-refractivity contribution >= 4 is 29.4 Å². The molecular weight excluding hydrogens is 343 g/mol. The van der Waals surface area contributed by atoms with Crippen LogP contribution in [0.5, 0.6) is 0 Å². The summed E-state index contributed by atoms with van der Waals surface area (Å²) in [6.07, 6.45) is 3.83. The molecule has 0 aromatic heterocycles. The van der Waals surface area contributed by atoms with Crippen molar-refractivity contribution < 1.29 is 23.6 Å². The first kappa shape index (κ1) is 17.8. The van der Waals surface area contributed by atoms with Crippen molar-refractivity contribution in [3.63, 3.8) is 0 Å². The molecule has 1 aliphatic heterocycles. The van der Waals surface area contributed by atoms with E-state index in [9.17, 15) is 23.6 Å². The van der Waals surface area contributed by atoms with E-state index < -0.39 is 41.7 Å². The van der Waals surface area contributed by atoms with Crippen molar-refractivity contribution in [2.75, 3.05) is 11.9 Å². The molecule has 3 rings (SSSR count). The zero-order chi connectivity index (χ0) is 18.9. The first-order valence-electron chi connectivity index (χ1n) is 8.36. The second-order valence-corrected chi connectivity index (χ2v) is 6.57. The quantitative estimate of drug-likeness (QED) is 0.695. The number of amides is 5. The molecule has 0 unspecified atom stereocenters. The van der Waals surface area contributed by atoms with E-state index in [1.165, 1.54) is 6.07 Å². The lowest BCUT2D eigenvalue weighted by Gasteiger charge is -2.30. The van der Waals surface area contributed by atoms with Gasteiger partial charge in [0.2, 0.25) is 5.91 Å². The summed E-state index contributed by atoms with van der Waals surface area (Å²) < 4.78 is 13.5. The highest BCUT2D eigenvalue weighted by Gasteiger charge is 2.51. The zero-order valence-corrected chi connectivity index (χ0v) is 14.0. The van der Waals surface area contributed by atoms with Gasteiger partial charge in [-0.25, -0.2) is 9.18 Å². The van der Waals surface area contributed by atoms with Crippen LogP contribution in [0.15, 0.2) is 18.2 Å². The molecule has 138 valence electrons. The lowest BCUT2D eigenvalue weighted by molar-refractivity contribution is -0.134. The molecule has 4 N–H and O–H groups in total. The van der Waals surface area contributed by atoms with Crippen molar-refractivity contribution in [2.45, 2.75) is 37.6 Å². The molecule has 1 aromatic carbocycles. The van der Waals surface area contributed by atoms with Crippen molar-refractivity contribution in [1.29, 1.82) is 0 Å². The third-order valence-corrected chi connectivity index (χ3v) is 4.77. The fourth-order valence-corrected chi connectivity index (χ4v) is 3.45. The molecule has 2 fully saturated rings. The third-order valence-electron chi connectivity index (χ3n) is 4.77. The number of urea groups is 1. The van der Waals surface area contributed by atoms with E-state index in [4.69, 9.17) is 5.73 Å². The Hall–Kier alpha value is -2.97. The zero-order valence-electron chi connectivity index (χ0n) is 14.0. The van der Waals surface area contributed by atoms with E-state index in [0.29, 0.717) is 12.8 Å².